The lowest BCUT2D eigenvalue weighted by Crippen LogP contribution is -2.42. The van der Waals surface area contributed by atoms with Crippen molar-refractivity contribution in [3.63, 3.8) is 0 Å². The molecule has 0 aliphatic heterocycles. The highest BCUT2D eigenvalue weighted by atomic mass is 80.0. The van der Waals surface area contributed by atoms with E-state index >= 15 is 0 Å². The average Bonchev–Trinajstić information content (AvgIpc) is 3.08. The molecule has 3 rings (SSSR count). The molecule has 1 atom stereocenters. The van der Waals surface area contributed by atoms with Crippen LogP contribution in [0.5, 0.6) is 0 Å². The van der Waals surface area contributed by atoms with Crippen molar-refractivity contribution in [1.29, 1.82) is 0 Å². The quantitative estimate of drug-likeness (QED) is 0.702. The van der Waals surface area contributed by atoms with Gasteiger partial charge in [-0.05, 0) is 31.4 Å². The van der Waals surface area contributed by atoms with Crippen LogP contribution < -0.4 is 12.6 Å². The summed E-state index contributed by atoms with van der Waals surface area (Å²) in [4.78, 5) is 0.609. The van der Waals surface area contributed by atoms with Crippen molar-refractivity contribution in [2.24, 2.45) is 0 Å². The molecular formula is C13H12BrF3O3S. The average molecular weight is 385 g/mol. The van der Waals surface area contributed by atoms with Crippen molar-refractivity contribution in [3.05, 3.63) is 34.7 Å². The molecule has 8 heteroatoms. The summed E-state index contributed by atoms with van der Waals surface area (Å²) >= 11 is -3.65. The first-order valence-electron chi connectivity index (χ1n) is 6.06. The summed E-state index contributed by atoms with van der Waals surface area (Å²) in [5.74, 6) is 0.174. The van der Waals surface area contributed by atoms with Crippen LogP contribution in [0.3, 0.4) is 0 Å². The van der Waals surface area contributed by atoms with E-state index in [0.717, 1.165) is 23.8 Å². The van der Waals surface area contributed by atoms with Gasteiger partial charge in [-0.3, -0.25) is 0 Å². The van der Waals surface area contributed by atoms with Gasteiger partial charge in [0.2, 0.25) is 14.8 Å². The number of thiophene rings is 1. The first-order chi connectivity index (χ1) is 9.70. The van der Waals surface area contributed by atoms with Crippen LogP contribution in [-0.4, -0.2) is 0 Å². The molecule has 3 nitrogen and oxygen atoms in total. The molecule has 0 amide bonds. The molecule has 1 unspecified atom stereocenters. The highest BCUT2D eigenvalue weighted by molar-refractivity contribution is 7.38. The Balaban J connectivity index is 0.000000361. The summed E-state index contributed by atoms with van der Waals surface area (Å²) in [5, 5.41) is 0.762. The van der Waals surface area contributed by atoms with Crippen molar-refractivity contribution >= 4 is 20.6 Å². The maximum atomic E-state index is 13.2. The fraction of sp³-hybridized carbons (Fsp3) is 0.385. The van der Waals surface area contributed by atoms with E-state index in [4.69, 9.17) is 12.6 Å². The summed E-state index contributed by atoms with van der Waals surface area (Å²) in [6.07, 6.45) is 1.83. The largest absolute Gasteiger partial charge is 0.600 e. The monoisotopic (exact) mass is 384 g/mol. The second-order valence-electron chi connectivity index (χ2n) is 4.80. The Bertz CT molecular complexity index is 633. The number of rotatable bonds is 1. The minimum atomic E-state index is -4.13. The van der Waals surface area contributed by atoms with Crippen molar-refractivity contribution in [3.8, 4) is 0 Å². The number of hydrogen-bond acceptors (Lipinski definition) is 3. The molecule has 0 saturated heterocycles. The van der Waals surface area contributed by atoms with Crippen molar-refractivity contribution in [1.82, 2.24) is 0 Å². The van der Waals surface area contributed by atoms with Crippen LogP contribution in [0, 0.1) is 21.7 Å². The second-order valence-corrected chi connectivity index (χ2v) is 7.58. The molecule has 1 fully saturated rings. The molecule has 0 spiro atoms. The Morgan fingerprint density at radius 1 is 1.14 bits per heavy atom. The summed E-state index contributed by atoms with van der Waals surface area (Å²) < 4.78 is 65.6. The Morgan fingerprint density at radius 2 is 1.71 bits per heavy atom. The predicted octanol–water partition coefficient (Wildman–Crippen LogP) is 1.68. The summed E-state index contributed by atoms with van der Waals surface area (Å²) in [5.41, 5.74) is -3.23. The molecule has 116 valence electrons. The Morgan fingerprint density at radius 3 is 2.19 bits per heavy atom. The summed E-state index contributed by atoms with van der Waals surface area (Å²) in [7, 11) is -1.67. The molecule has 1 aliphatic rings. The lowest BCUT2D eigenvalue weighted by atomic mass is 10.2. The zero-order valence-electron chi connectivity index (χ0n) is 10.9. The highest BCUT2D eigenvalue weighted by Gasteiger charge is 2.51. The Hall–Kier alpha value is -0.670. The fourth-order valence-corrected chi connectivity index (χ4v) is 4.44. The third-order valence-electron chi connectivity index (χ3n) is 3.13. The molecular weight excluding hydrogens is 373 g/mol. The number of alkyl halides is 3. The van der Waals surface area contributed by atoms with Gasteiger partial charge in [0.25, 0.3) is 0 Å². The van der Waals surface area contributed by atoms with Crippen LogP contribution in [0.15, 0.2) is 24.3 Å². The van der Waals surface area contributed by atoms with Gasteiger partial charge in [0.1, 0.15) is 0 Å². The minimum absolute atomic E-state index is 0.174. The fourth-order valence-electron chi connectivity index (χ4n) is 2.19. The van der Waals surface area contributed by atoms with Crippen LogP contribution in [0.1, 0.15) is 29.2 Å². The van der Waals surface area contributed by atoms with E-state index in [9.17, 15) is 13.2 Å². The van der Waals surface area contributed by atoms with Gasteiger partial charge in [-0.25, -0.2) is 0 Å². The van der Waals surface area contributed by atoms with E-state index in [1.165, 1.54) is 0 Å². The van der Waals surface area contributed by atoms with E-state index in [0.29, 0.717) is 9.58 Å². The van der Waals surface area contributed by atoms with Gasteiger partial charge in [-0.2, -0.15) is 0 Å². The zero-order chi connectivity index (χ0) is 15.8. The van der Waals surface area contributed by atoms with Gasteiger partial charge in [-0.15, -0.1) is 13.2 Å². The predicted molar refractivity (Wildman–Crippen MR) is 64.4 cm³/mol. The third kappa shape index (κ3) is 4.17. The lowest BCUT2D eigenvalue weighted by molar-refractivity contribution is -1.73. The van der Waals surface area contributed by atoms with E-state index in [1.807, 2.05) is 19.1 Å². The maximum Gasteiger partial charge on any atom is 0.600 e. The maximum absolute atomic E-state index is 13.2. The minimum Gasteiger partial charge on any atom is -0.405 e. The number of fused-ring (bicyclic) bond motifs is 1. The summed E-state index contributed by atoms with van der Waals surface area (Å²) in [6, 6.07) is 7.15. The van der Waals surface area contributed by atoms with Gasteiger partial charge >= 0.3 is 5.51 Å². The van der Waals surface area contributed by atoms with E-state index < -0.39 is 30.8 Å². The van der Waals surface area contributed by atoms with E-state index in [-0.39, 0.29) is 5.92 Å². The SMILES string of the molecule is Cc1ccc2cc(C3CC3)[s+](C(F)(F)F)c2c1.[O-][Br+2]([O-])[O-]. The van der Waals surface area contributed by atoms with Crippen molar-refractivity contribution in [2.45, 2.75) is 31.2 Å². The highest BCUT2D eigenvalue weighted by Crippen LogP contribution is 2.57. The molecule has 1 aromatic heterocycles. The molecule has 2 aromatic rings. The van der Waals surface area contributed by atoms with Crippen molar-refractivity contribution in [2.75, 3.05) is 0 Å². The van der Waals surface area contributed by atoms with Crippen LogP contribution in [-0.2, 0) is 5.51 Å². The molecule has 0 radical (unpaired) electrons. The first kappa shape index (κ1) is 16.7. The van der Waals surface area contributed by atoms with E-state index in [2.05, 4.69) is 0 Å². The normalized spacial score (nSPS) is 16.1. The van der Waals surface area contributed by atoms with Gasteiger partial charge in [0, 0.05) is 23.4 Å². The topological polar surface area (TPSA) is 69.2 Å². The van der Waals surface area contributed by atoms with Gasteiger partial charge < -0.3 is 12.6 Å². The van der Waals surface area contributed by atoms with Crippen LogP contribution in [0.25, 0.3) is 10.1 Å². The molecule has 1 saturated carbocycles. The standard InChI is InChI=1S/C13H12F3S.BrO3/c1-8-2-3-10-7-12(9-4-5-9)17(11(10)6-8)13(14,15)16;2-1(3)4/h2-3,6-7,9H,4-5H2,1H3;/q+1;-1. The number of halogens is 4. The molecule has 21 heavy (non-hydrogen) atoms. The molecule has 0 bridgehead atoms. The Kier molecular flexibility index (Phi) is 4.94. The van der Waals surface area contributed by atoms with Gasteiger partial charge in [0.15, 0.2) is 9.58 Å². The van der Waals surface area contributed by atoms with Crippen LogP contribution >= 0.6 is 10.5 Å². The molecule has 1 aromatic carbocycles. The Labute approximate surface area is 127 Å². The van der Waals surface area contributed by atoms with Crippen LogP contribution in [0.2, 0.25) is 0 Å². The lowest BCUT2D eigenvalue weighted by Gasteiger charge is -1.99. The molecule has 1 heterocycles. The van der Waals surface area contributed by atoms with Crippen LogP contribution in [0.4, 0.5) is 13.2 Å². The number of hydrogen-bond donors (Lipinski definition) is 0. The number of aryl methyl sites for hydroxylation is 1. The van der Waals surface area contributed by atoms with Crippen molar-refractivity contribution < 1.29 is 40.6 Å². The van der Waals surface area contributed by atoms with Gasteiger partial charge in [0.05, 0.1) is 10.5 Å². The molecule has 0 N–H and O–H groups in total. The first-order valence-corrected chi connectivity index (χ1v) is 9.23. The summed E-state index contributed by atoms with van der Waals surface area (Å²) in [6.45, 7) is 1.84. The zero-order valence-corrected chi connectivity index (χ0v) is 13.3. The van der Waals surface area contributed by atoms with E-state index in [1.54, 1.807) is 12.1 Å². The van der Waals surface area contributed by atoms with Gasteiger partial charge in [-0.1, -0.05) is 6.07 Å². The smallest absolute Gasteiger partial charge is 0.405 e. The second kappa shape index (κ2) is 6.21. The molecule has 1 aliphatic carbocycles. The number of benzene rings is 1. The third-order valence-corrected chi connectivity index (χ3v) is 5.31.